The zero-order valence-corrected chi connectivity index (χ0v) is 13.6. The number of nitrogens with one attached hydrogen (secondary N) is 1. The van der Waals surface area contributed by atoms with Gasteiger partial charge in [-0.25, -0.2) is 13.1 Å². The third kappa shape index (κ3) is 8.15. The molecule has 0 amide bonds. The molecule has 1 aromatic rings. The Balaban J connectivity index is 2.15. The van der Waals surface area contributed by atoms with Crippen LogP contribution in [-0.2, 0) is 24.3 Å². The van der Waals surface area contributed by atoms with Gasteiger partial charge in [-0.05, 0) is 25.0 Å². The summed E-state index contributed by atoms with van der Waals surface area (Å²) in [6.07, 6.45) is 3.96. The fourth-order valence-corrected chi connectivity index (χ4v) is 3.20. The molecule has 1 aromatic carbocycles. The Morgan fingerprint density at radius 1 is 0.952 bits per heavy atom. The smallest absolute Gasteiger partial charge is 0.264 e. The molecule has 0 saturated heterocycles. The molecular weight excluding hydrogens is 314 g/mol. The van der Waals surface area contributed by atoms with Gasteiger partial charge in [0.05, 0.1) is 17.8 Å². The van der Waals surface area contributed by atoms with Gasteiger partial charge in [0.25, 0.3) is 10.1 Å². The van der Waals surface area contributed by atoms with Crippen molar-refractivity contribution in [1.29, 1.82) is 0 Å². The third-order valence-electron chi connectivity index (χ3n) is 2.71. The first kappa shape index (κ1) is 18.1. The molecule has 0 aliphatic rings. The number of unbranched alkanes of at least 4 members (excludes halogenated alkanes) is 3. The molecule has 120 valence electrons. The summed E-state index contributed by atoms with van der Waals surface area (Å²) < 4.78 is 52.3. The molecule has 0 aromatic heterocycles. The molecule has 0 spiro atoms. The molecule has 6 nitrogen and oxygen atoms in total. The van der Waals surface area contributed by atoms with Gasteiger partial charge in [0.15, 0.2) is 0 Å². The van der Waals surface area contributed by atoms with Gasteiger partial charge in [-0.3, -0.25) is 4.18 Å². The van der Waals surface area contributed by atoms with Crippen molar-refractivity contribution in [2.75, 3.05) is 19.4 Å². The van der Waals surface area contributed by atoms with Crippen LogP contribution in [0.2, 0.25) is 0 Å². The van der Waals surface area contributed by atoms with Crippen molar-refractivity contribution >= 4 is 20.1 Å². The summed E-state index contributed by atoms with van der Waals surface area (Å²) >= 11 is 0. The molecule has 0 bridgehead atoms. The fraction of sp³-hybridized carbons (Fsp3) is 0.538. The fourth-order valence-electron chi connectivity index (χ4n) is 1.68. The molecule has 1 N–H and O–H groups in total. The lowest BCUT2D eigenvalue weighted by Crippen LogP contribution is -2.24. The van der Waals surface area contributed by atoms with Crippen LogP contribution >= 0.6 is 0 Å². The third-order valence-corrected chi connectivity index (χ3v) is 4.79. The van der Waals surface area contributed by atoms with E-state index >= 15 is 0 Å². The Hall–Kier alpha value is -0.960. The van der Waals surface area contributed by atoms with Gasteiger partial charge in [0.1, 0.15) is 0 Å². The second-order valence-corrected chi connectivity index (χ2v) is 8.06. The van der Waals surface area contributed by atoms with Crippen LogP contribution in [0.5, 0.6) is 0 Å². The minimum Gasteiger partial charge on any atom is -0.270 e. The first-order valence-corrected chi connectivity index (χ1v) is 10.0. The lowest BCUT2D eigenvalue weighted by molar-refractivity contribution is 0.310. The standard InChI is InChI=1S/C13H21NO5S2/c1-20(15,16)19-12-8-3-2-7-11-14-21(17,18)13-9-5-4-6-10-13/h4-6,9-10,14H,2-3,7-8,11-12H2,1H3. The summed E-state index contributed by atoms with van der Waals surface area (Å²) in [5.74, 6) is 0. The first-order chi connectivity index (χ1) is 9.81. The SMILES string of the molecule is CS(=O)(=O)OCCCCCCNS(=O)(=O)c1ccccc1. The van der Waals surface area contributed by atoms with E-state index in [4.69, 9.17) is 0 Å². The number of hydrogen-bond donors (Lipinski definition) is 1. The maximum absolute atomic E-state index is 11.9. The molecule has 21 heavy (non-hydrogen) atoms. The lowest BCUT2D eigenvalue weighted by Gasteiger charge is -2.06. The van der Waals surface area contributed by atoms with Gasteiger partial charge in [-0.15, -0.1) is 0 Å². The topological polar surface area (TPSA) is 89.5 Å². The summed E-state index contributed by atoms with van der Waals surface area (Å²) in [6.45, 7) is 0.540. The van der Waals surface area contributed by atoms with E-state index in [-0.39, 0.29) is 11.5 Å². The van der Waals surface area contributed by atoms with Crippen molar-refractivity contribution in [3.63, 3.8) is 0 Å². The van der Waals surface area contributed by atoms with Crippen LogP contribution in [-0.4, -0.2) is 36.2 Å². The maximum Gasteiger partial charge on any atom is 0.264 e. The summed E-state index contributed by atoms with van der Waals surface area (Å²) in [5, 5.41) is 0. The molecule has 0 heterocycles. The predicted octanol–water partition coefficient (Wildman–Crippen LogP) is 1.50. The zero-order valence-electron chi connectivity index (χ0n) is 12.0. The Morgan fingerprint density at radius 2 is 1.57 bits per heavy atom. The van der Waals surface area contributed by atoms with E-state index in [1.165, 1.54) is 0 Å². The molecule has 8 heteroatoms. The van der Waals surface area contributed by atoms with Gasteiger partial charge in [0.2, 0.25) is 10.0 Å². The van der Waals surface area contributed by atoms with E-state index in [2.05, 4.69) is 8.91 Å². The van der Waals surface area contributed by atoms with E-state index in [0.717, 1.165) is 19.1 Å². The van der Waals surface area contributed by atoms with Crippen molar-refractivity contribution in [2.24, 2.45) is 0 Å². The van der Waals surface area contributed by atoms with Gasteiger partial charge in [-0.2, -0.15) is 8.42 Å². The Kier molecular flexibility index (Phi) is 7.30. The van der Waals surface area contributed by atoms with E-state index in [1.807, 2.05) is 0 Å². The quantitative estimate of drug-likeness (QED) is 0.517. The largest absolute Gasteiger partial charge is 0.270 e. The van der Waals surface area contributed by atoms with Crippen LogP contribution in [0, 0.1) is 0 Å². The zero-order chi connectivity index (χ0) is 15.8. The second kappa shape index (κ2) is 8.47. The van der Waals surface area contributed by atoms with Crippen molar-refractivity contribution < 1.29 is 21.0 Å². The van der Waals surface area contributed by atoms with E-state index < -0.39 is 20.1 Å². The Labute approximate surface area is 126 Å². The van der Waals surface area contributed by atoms with Crippen LogP contribution in [0.25, 0.3) is 0 Å². The van der Waals surface area contributed by atoms with Gasteiger partial charge >= 0.3 is 0 Å². The van der Waals surface area contributed by atoms with E-state index in [0.29, 0.717) is 19.4 Å². The number of hydrogen-bond acceptors (Lipinski definition) is 5. The molecule has 0 atom stereocenters. The summed E-state index contributed by atoms with van der Waals surface area (Å²) in [7, 11) is -6.79. The Bertz CT molecular complexity index is 611. The van der Waals surface area contributed by atoms with Gasteiger partial charge in [0, 0.05) is 6.54 Å². The number of sulfonamides is 1. The summed E-state index contributed by atoms with van der Waals surface area (Å²) in [5.41, 5.74) is 0. The van der Waals surface area contributed by atoms with Crippen LogP contribution in [0.15, 0.2) is 35.2 Å². The highest BCUT2D eigenvalue weighted by Gasteiger charge is 2.11. The van der Waals surface area contributed by atoms with Crippen molar-refractivity contribution in [3.05, 3.63) is 30.3 Å². The monoisotopic (exact) mass is 335 g/mol. The minimum absolute atomic E-state index is 0.175. The minimum atomic E-state index is -3.43. The summed E-state index contributed by atoms with van der Waals surface area (Å²) in [4.78, 5) is 0.256. The van der Waals surface area contributed by atoms with Crippen LogP contribution in [0.4, 0.5) is 0 Å². The highest BCUT2D eigenvalue weighted by molar-refractivity contribution is 7.89. The van der Waals surface area contributed by atoms with Gasteiger partial charge in [-0.1, -0.05) is 31.0 Å². The highest BCUT2D eigenvalue weighted by atomic mass is 32.2. The highest BCUT2D eigenvalue weighted by Crippen LogP contribution is 2.07. The molecule has 0 fully saturated rings. The van der Waals surface area contributed by atoms with Crippen LogP contribution < -0.4 is 4.72 Å². The van der Waals surface area contributed by atoms with Crippen LogP contribution in [0.1, 0.15) is 25.7 Å². The van der Waals surface area contributed by atoms with Crippen molar-refractivity contribution in [3.8, 4) is 0 Å². The van der Waals surface area contributed by atoms with Crippen molar-refractivity contribution in [2.45, 2.75) is 30.6 Å². The van der Waals surface area contributed by atoms with Crippen LogP contribution in [0.3, 0.4) is 0 Å². The summed E-state index contributed by atoms with van der Waals surface area (Å²) in [6, 6.07) is 8.21. The van der Waals surface area contributed by atoms with E-state index in [9.17, 15) is 16.8 Å². The molecule has 0 radical (unpaired) electrons. The average Bonchev–Trinajstić information content (AvgIpc) is 2.41. The first-order valence-electron chi connectivity index (χ1n) is 6.70. The normalized spacial score (nSPS) is 12.4. The molecule has 0 saturated carbocycles. The molecule has 1 rings (SSSR count). The Morgan fingerprint density at radius 3 is 2.19 bits per heavy atom. The van der Waals surface area contributed by atoms with Gasteiger partial charge < -0.3 is 0 Å². The number of benzene rings is 1. The predicted molar refractivity (Wildman–Crippen MR) is 80.9 cm³/mol. The van der Waals surface area contributed by atoms with Crippen molar-refractivity contribution in [1.82, 2.24) is 4.72 Å². The number of rotatable bonds is 10. The maximum atomic E-state index is 11.9. The molecule has 0 unspecified atom stereocenters. The molecular formula is C13H21NO5S2. The average molecular weight is 335 g/mol. The molecule has 0 aliphatic heterocycles. The van der Waals surface area contributed by atoms with E-state index in [1.54, 1.807) is 30.3 Å². The molecule has 0 aliphatic carbocycles. The second-order valence-electron chi connectivity index (χ2n) is 4.65. The lowest BCUT2D eigenvalue weighted by atomic mass is 10.2.